The van der Waals surface area contributed by atoms with Gasteiger partial charge >= 0.3 is 5.69 Å². The van der Waals surface area contributed by atoms with Gasteiger partial charge in [-0.15, -0.1) is 10.2 Å². The molecule has 9 heteroatoms. The van der Waals surface area contributed by atoms with Crippen molar-refractivity contribution in [1.82, 2.24) is 14.9 Å². The lowest BCUT2D eigenvalue weighted by Gasteiger charge is -2.09. The molecule has 0 aliphatic heterocycles. The van der Waals surface area contributed by atoms with Crippen LogP contribution in [0.4, 0.5) is 5.69 Å². The van der Waals surface area contributed by atoms with E-state index in [2.05, 4.69) is 15.3 Å². The molecule has 2 heterocycles. The molecule has 0 fully saturated rings. The lowest BCUT2D eigenvalue weighted by Crippen LogP contribution is -2.00. The van der Waals surface area contributed by atoms with Crippen molar-refractivity contribution in [3.05, 3.63) is 45.7 Å². The average Bonchev–Trinajstić information content (AvgIpc) is 3.20. The minimum Gasteiger partial charge on any atom is -0.502 e. The molecule has 3 aromatic rings. The number of benzene rings is 1. The van der Waals surface area contributed by atoms with Crippen LogP contribution in [-0.2, 0) is 12.8 Å². The Kier molecular flexibility index (Phi) is 3.26. The monoisotopic (exact) mass is 327 g/mol. The van der Waals surface area contributed by atoms with Gasteiger partial charge in [-0.2, -0.15) is 5.10 Å². The van der Waals surface area contributed by atoms with Crippen LogP contribution < -0.4 is 0 Å². The first-order chi connectivity index (χ1) is 11.6. The zero-order chi connectivity index (χ0) is 16.7. The third-order valence-electron chi connectivity index (χ3n) is 4.16. The zero-order valence-electron chi connectivity index (χ0n) is 12.5. The van der Waals surface area contributed by atoms with E-state index in [0.717, 1.165) is 37.0 Å². The second-order valence-electron chi connectivity index (χ2n) is 5.59. The smallest absolute Gasteiger partial charge is 0.315 e. The maximum Gasteiger partial charge on any atom is 0.315 e. The number of aryl methyl sites for hydroxylation is 2. The number of rotatable bonds is 3. The number of phenols is 1. The van der Waals surface area contributed by atoms with E-state index in [1.54, 1.807) is 0 Å². The third-order valence-corrected chi connectivity index (χ3v) is 4.16. The number of aromatic nitrogens is 3. The van der Waals surface area contributed by atoms with E-state index in [1.807, 2.05) is 0 Å². The minimum atomic E-state index is -0.633. The highest BCUT2D eigenvalue weighted by Gasteiger charge is 2.27. The van der Waals surface area contributed by atoms with Gasteiger partial charge in [-0.3, -0.25) is 10.1 Å². The van der Waals surface area contributed by atoms with Crippen molar-refractivity contribution in [3.63, 3.8) is 0 Å². The van der Waals surface area contributed by atoms with Crippen LogP contribution in [0.5, 0.6) is 5.75 Å². The standard InChI is InChI=1S/C15H13N5O4/c21-15-10(6-18-19-7-16-17-8-19)14-9-3-1-2-4-12(9)24-13(14)5-11(15)20(22)23/h5-8,21H,1-4H2. The number of phenolic OH excluding ortho intramolecular Hbond substituents is 1. The first kappa shape index (κ1) is 14.4. The number of aromatic hydroxyl groups is 1. The Labute approximate surface area is 135 Å². The van der Waals surface area contributed by atoms with Gasteiger partial charge in [-0.05, 0) is 19.3 Å². The third kappa shape index (κ3) is 2.21. The van der Waals surface area contributed by atoms with Crippen molar-refractivity contribution in [2.24, 2.45) is 5.10 Å². The molecule has 0 radical (unpaired) electrons. The molecule has 9 nitrogen and oxygen atoms in total. The summed E-state index contributed by atoms with van der Waals surface area (Å²) in [5, 5.41) is 33.7. The van der Waals surface area contributed by atoms with Gasteiger partial charge in [0, 0.05) is 17.4 Å². The van der Waals surface area contributed by atoms with Crippen molar-refractivity contribution < 1.29 is 14.4 Å². The Morgan fingerprint density at radius 3 is 2.83 bits per heavy atom. The molecule has 2 aromatic heterocycles. The Balaban J connectivity index is 1.98. The molecule has 4 rings (SSSR count). The molecular weight excluding hydrogens is 314 g/mol. The van der Waals surface area contributed by atoms with Gasteiger partial charge in [0.1, 0.15) is 24.0 Å². The normalized spacial score (nSPS) is 14.3. The number of nitro groups is 1. The van der Waals surface area contributed by atoms with Crippen LogP contribution in [-0.4, -0.2) is 31.1 Å². The van der Waals surface area contributed by atoms with Crippen molar-refractivity contribution in [2.75, 3.05) is 0 Å². The highest BCUT2D eigenvalue weighted by molar-refractivity contribution is 6.05. The minimum absolute atomic E-state index is 0.278. The largest absolute Gasteiger partial charge is 0.502 e. The lowest BCUT2D eigenvalue weighted by molar-refractivity contribution is -0.385. The first-order valence-corrected chi connectivity index (χ1v) is 7.48. The van der Waals surface area contributed by atoms with Crippen molar-refractivity contribution in [2.45, 2.75) is 25.7 Å². The molecule has 0 atom stereocenters. The summed E-state index contributed by atoms with van der Waals surface area (Å²) in [6, 6.07) is 1.28. The van der Waals surface area contributed by atoms with E-state index in [4.69, 9.17) is 4.42 Å². The Hall–Kier alpha value is -3.23. The van der Waals surface area contributed by atoms with Crippen LogP contribution in [0.3, 0.4) is 0 Å². The molecule has 1 aromatic carbocycles. The van der Waals surface area contributed by atoms with Gasteiger partial charge < -0.3 is 9.52 Å². The molecule has 0 bridgehead atoms. The molecule has 1 N–H and O–H groups in total. The number of furan rings is 1. The van der Waals surface area contributed by atoms with E-state index in [-0.39, 0.29) is 5.56 Å². The molecule has 1 aliphatic rings. The summed E-state index contributed by atoms with van der Waals surface area (Å²) >= 11 is 0. The zero-order valence-corrected chi connectivity index (χ0v) is 12.5. The molecule has 0 saturated heterocycles. The summed E-state index contributed by atoms with van der Waals surface area (Å²) in [7, 11) is 0. The van der Waals surface area contributed by atoms with Crippen LogP contribution in [0.15, 0.2) is 28.2 Å². The maximum atomic E-state index is 11.2. The summed E-state index contributed by atoms with van der Waals surface area (Å²) in [5.74, 6) is 0.411. The van der Waals surface area contributed by atoms with Gasteiger partial charge in [0.25, 0.3) is 0 Å². The molecule has 122 valence electrons. The molecular formula is C15H13N5O4. The van der Waals surface area contributed by atoms with E-state index in [1.165, 1.54) is 29.6 Å². The van der Waals surface area contributed by atoms with Crippen molar-refractivity contribution in [3.8, 4) is 5.75 Å². The van der Waals surface area contributed by atoms with E-state index in [0.29, 0.717) is 11.0 Å². The van der Waals surface area contributed by atoms with Crippen molar-refractivity contribution in [1.29, 1.82) is 0 Å². The Morgan fingerprint density at radius 2 is 2.08 bits per heavy atom. The molecule has 0 amide bonds. The molecule has 0 spiro atoms. The number of nitrogens with zero attached hydrogens (tertiary/aromatic N) is 5. The summed E-state index contributed by atoms with van der Waals surface area (Å²) in [6.45, 7) is 0. The van der Waals surface area contributed by atoms with E-state index in [9.17, 15) is 15.2 Å². The van der Waals surface area contributed by atoms with E-state index >= 15 is 0 Å². The topological polar surface area (TPSA) is 120 Å². The van der Waals surface area contributed by atoms with Gasteiger partial charge in [-0.1, -0.05) is 0 Å². The fourth-order valence-corrected chi connectivity index (χ4v) is 3.08. The predicted molar refractivity (Wildman–Crippen MR) is 84.2 cm³/mol. The Morgan fingerprint density at radius 1 is 1.33 bits per heavy atom. The second kappa shape index (κ2) is 5.44. The number of nitro benzene ring substituents is 1. The molecule has 1 aliphatic carbocycles. The highest BCUT2D eigenvalue weighted by Crippen LogP contribution is 2.41. The van der Waals surface area contributed by atoms with Crippen LogP contribution in [0.2, 0.25) is 0 Å². The molecule has 0 unspecified atom stereocenters. The second-order valence-corrected chi connectivity index (χ2v) is 5.59. The fraction of sp³-hybridized carbons (Fsp3) is 0.267. The number of hydrogen-bond acceptors (Lipinski definition) is 7. The van der Waals surface area contributed by atoms with Crippen molar-refractivity contribution >= 4 is 22.9 Å². The summed E-state index contributed by atoms with van der Waals surface area (Å²) in [6.07, 6.45) is 7.78. The fourth-order valence-electron chi connectivity index (χ4n) is 3.08. The van der Waals surface area contributed by atoms with Gasteiger partial charge in [0.05, 0.1) is 22.8 Å². The molecule has 0 saturated carbocycles. The molecule has 24 heavy (non-hydrogen) atoms. The van der Waals surface area contributed by atoms with Gasteiger partial charge in [0.15, 0.2) is 0 Å². The van der Waals surface area contributed by atoms with Crippen LogP contribution in [0.25, 0.3) is 11.0 Å². The summed E-state index contributed by atoms with van der Waals surface area (Å²) in [4.78, 5) is 10.6. The first-order valence-electron chi connectivity index (χ1n) is 7.48. The number of fused-ring (bicyclic) bond motifs is 3. The quantitative estimate of drug-likeness (QED) is 0.448. The number of hydrogen-bond donors (Lipinski definition) is 1. The lowest BCUT2D eigenvalue weighted by atomic mass is 9.93. The van der Waals surface area contributed by atoms with Crippen LogP contribution in [0, 0.1) is 10.1 Å². The SMILES string of the molecule is O=[N+]([O-])c1cc2oc3c(c2c(C=Nn2cnnc2)c1O)CCCC3. The van der Waals surface area contributed by atoms with Gasteiger partial charge in [0.2, 0.25) is 5.75 Å². The van der Waals surface area contributed by atoms with Crippen LogP contribution >= 0.6 is 0 Å². The average molecular weight is 327 g/mol. The summed E-state index contributed by atoms with van der Waals surface area (Å²) < 4.78 is 7.15. The highest BCUT2D eigenvalue weighted by atomic mass is 16.6. The predicted octanol–water partition coefficient (Wildman–Crippen LogP) is 2.40. The van der Waals surface area contributed by atoms with Crippen LogP contribution in [0.1, 0.15) is 29.7 Å². The van der Waals surface area contributed by atoms with Gasteiger partial charge in [-0.25, -0.2) is 4.68 Å². The Bertz CT molecular complexity index is 958. The summed E-state index contributed by atoms with van der Waals surface area (Å²) in [5.41, 5.74) is 1.27. The maximum absolute atomic E-state index is 11.2. The van der Waals surface area contributed by atoms with E-state index < -0.39 is 16.4 Å².